The van der Waals surface area contributed by atoms with Crippen LogP contribution in [0.1, 0.15) is 189 Å². The molecule has 0 radical (unpaired) electrons. The predicted octanol–water partition coefficient (Wildman–Crippen LogP) is 20.0. The van der Waals surface area contributed by atoms with Gasteiger partial charge in [0.2, 0.25) is 0 Å². The number of hydrogen-bond acceptors (Lipinski definition) is 1. The van der Waals surface area contributed by atoms with Crippen molar-refractivity contribution >= 4 is 17.1 Å². The third-order valence-corrected chi connectivity index (χ3v) is 17.3. The highest BCUT2D eigenvalue weighted by atomic mass is 15.1. The minimum atomic E-state index is -0.0959. The Labute approximate surface area is 421 Å². The normalized spacial score (nSPS) is 17.2. The van der Waals surface area contributed by atoms with Crippen LogP contribution in [-0.2, 0) is 29.1 Å². The minimum absolute atomic E-state index is 0.0538. The van der Waals surface area contributed by atoms with Gasteiger partial charge in [0.15, 0.2) is 0 Å². The first-order chi connectivity index (χ1) is 33.7. The Hall–Kier alpha value is -5.66. The summed E-state index contributed by atoms with van der Waals surface area (Å²) >= 11 is 0. The van der Waals surface area contributed by atoms with Crippen LogP contribution in [0.4, 0.5) is 17.1 Å². The van der Waals surface area contributed by atoms with Crippen molar-refractivity contribution in [2.24, 2.45) is 0 Å². The third-order valence-electron chi connectivity index (χ3n) is 17.3. The monoisotopic (exact) mass is 920 g/mol. The highest BCUT2D eigenvalue weighted by molar-refractivity contribution is 5.87. The van der Waals surface area contributed by atoms with Crippen molar-refractivity contribution in [2.45, 2.75) is 173 Å². The molecule has 70 heavy (non-hydrogen) atoms. The molecule has 1 heteroatoms. The van der Waals surface area contributed by atoms with Gasteiger partial charge in [-0.3, -0.25) is 0 Å². The lowest BCUT2D eigenvalue weighted by Crippen LogP contribution is -2.16. The zero-order valence-electron chi connectivity index (χ0n) is 43.8. The summed E-state index contributed by atoms with van der Waals surface area (Å²) in [4.78, 5) is 2.49. The molecule has 4 aliphatic rings. The summed E-state index contributed by atoms with van der Waals surface area (Å²) in [5.74, 6) is 1.40. The lowest BCUT2D eigenvalue weighted by Gasteiger charge is -2.29. The Morgan fingerprint density at radius 3 is 1.51 bits per heavy atom. The van der Waals surface area contributed by atoms with Gasteiger partial charge in [-0.2, -0.15) is 0 Å². The largest absolute Gasteiger partial charge is 0.310 e. The number of nitrogens with zero attached hydrogens (tertiary/aromatic N) is 1. The fraction of sp³-hybridized carbons (Fsp3) is 0.391. The average molecular weight is 920 g/mol. The van der Waals surface area contributed by atoms with E-state index in [1.54, 1.807) is 22.3 Å². The number of hydrogen-bond donors (Lipinski definition) is 0. The topological polar surface area (TPSA) is 3.24 Å². The van der Waals surface area contributed by atoms with Gasteiger partial charge in [0, 0.05) is 22.5 Å². The minimum Gasteiger partial charge on any atom is -0.310 e. The van der Waals surface area contributed by atoms with E-state index in [0.717, 1.165) is 6.42 Å². The highest BCUT2D eigenvalue weighted by Gasteiger charge is 2.36. The van der Waals surface area contributed by atoms with E-state index in [0.29, 0.717) is 11.8 Å². The molecule has 4 aliphatic carbocycles. The molecule has 11 rings (SSSR count). The fourth-order valence-corrected chi connectivity index (χ4v) is 13.0. The maximum absolute atomic E-state index is 2.65. The van der Waals surface area contributed by atoms with E-state index in [9.17, 15) is 0 Å². The molecule has 7 aromatic rings. The molecule has 0 unspecified atom stereocenters. The molecule has 2 fully saturated rings. The van der Waals surface area contributed by atoms with Gasteiger partial charge in [0.1, 0.15) is 0 Å². The Morgan fingerprint density at radius 2 is 0.914 bits per heavy atom. The van der Waals surface area contributed by atoms with E-state index in [-0.39, 0.29) is 16.2 Å². The summed E-state index contributed by atoms with van der Waals surface area (Å²) in [7, 11) is 0. The van der Waals surface area contributed by atoms with Gasteiger partial charge in [-0.25, -0.2) is 0 Å². The van der Waals surface area contributed by atoms with E-state index in [1.165, 1.54) is 167 Å². The molecule has 0 amide bonds. The van der Waals surface area contributed by atoms with Crippen LogP contribution in [0.3, 0.4) is 0 Å². The number of benzene rings is 7. The van der Waals surface area contributed by atoms with Crippen molar-refractivity contribution in [3.05, 3.63) is 184 Å². The molecular formula is C69H77N. The number of anilines is 3. The van der Waals surface area contributed by atoms with Crippen molar-refractivity contribution in [1.82, 2.24) is 0 Å². The Balaban J connectivity index is 1.00. The number of aryl methyl sites for hydroxylation is 1. The summed E-state index contributed by atoms with van der Waals surface area (Å²) in [6.07, 6.45) is 18.5. The van der Waals surface area contributed by atoms with E-state index >= 15 is 0 Å². The zero-order valence-corrected chi connectivity index (χ0v) is 43.8. The van der Waals surface area contributed by atoms with Crippen molar-refractivity contribution in [1.29, 1.82) is 0 Å². The highest BCUT2D eigenvalue weighted by Crippen LogP contribution is 2.51. The number of rotatable bonds is 8. The van der Waals surface area contributed by atoms with Crippen LogP contribution >= 0.6 is 0 Å². The third kappa shape index (κ3) is 9.01. The predicted molar refractivity (Wildman–Crippen MR) is 301 cm³/mol. The Kier molecular flexibility index (Phi) is 12.3. The zero-order chi connectivity index (χ0) is 48.4. The molecule has 0 heterocycles. The van der Waals surface area contributed by atoms with E-state index in [4.69, 9.17) is 0 Å². The first-order valence-electron chi connectivity index (χ1n) is 27.4. The van der Waals surface area contributed by atoms with Gasteiger partial charge in [-0.15, -0.1) is 0 Å². The van der Waals surface area contributed by atoms with E-state index in [1.807, 2.05) is 0 Å². The number of fused-ring (bicyclic) bond motifs is 4. The van der Waals surface area contributed by atoms with Gasteiger partial charge in [0.25, 0.3) is 0 Å². The standard InChI is InChI=1S/C69H77N/c1-67(2,3)56-41-55(42-57(44-56)68(4,5)6)48-27-31-58(32-28-48)70(60-35-36-63-62-25-17-18-26-65(62)69(7,8)66(63)45-60)59-33-29-49(30-34-59)64-43-54(37-50-23-15-16-24-61(50)64)53-39-51(46-19-11-9-12-20-46)38-52(40-53)47-21-13-10-14-22-47/h17-18,25-47H,9-16,19-24H2,1-8H3. The quantitative estimate of drug-likeness (QED) is 0.147. The van der Waals surface area contributed by atoms with Crippen LogP contribution in [0.2, 0.25) is 0 Å². The van der Waals surface area contributed by atoms with E-state index < -0.39 is 0 Å². The molecule has 0 bridgehead atoms. The molecule has 0 aromatic heterocycles. The van der Waals surface area contributed by atoms with Crippen molar-refractivity contribution in [3.8, 4) is 44.5 Å². The van der Waals surface area contributed by atoms with Crippen LogP contribution < -0.4 is 4.90 Å². The lowest BCUT2D eigenvalue weighted by molar-refractivity contribution is 0.435. The van der Waals surface area contributed by atoms with Crippen molar-refractivity contribution < 1.29 is 0 Å². The van der Waals surface area contributed by atoms with Crippen LogP contribution in [0.5, 0.6) is 0 Å². The smallest absolute Gasteiger partial charge is 0.0465 e. The molecule has 0 N–H and O–H groups in total. The molecular weight excluding hydrogens is 843 g/mol. The van der Waals surface area contributed by atoms with Gasteiger partial charge in [-0.05, 0) is 206 Å². The molecule has 0 aliphatic heterocycles. The summed E-state index contributed by atoms with van der Waals surface area (Å²) in [5.41, 5.74) is 26.3. The molecule has 0 saturated heterocycles. The second-order valence-corrected chi connectivity index (χ2v) is 24.6. The van der Waals surface area contributed by atoms with Gasteiger partial charge >= 0.3 is 0 Å². The molecule has 0 spiro atoms. The average Bonchev–Trinajstić information content (AvgIpc) is 3.61. The summed E-state index contributed by atoms with van der Waals surface area (Å²) in [6, 6.07) is 55.5. The van der Waals surface area contributed by atoms with Crippen LogP contribution in [0.15, 0.2) is 140 Å². The second kappa shape index (κ2) is 18.5. The molecule has 1 nitrogen and oxygen atoms in total. The Bertz CT molecular complexity index is 2960. The molecule has 0 atom stereocenters. The lowest BCUT2D eigenvalue weighted by atomic mass is 9.78. The fourth-order valence-electron chi connectivity index (χ4n) is 13.0. The van der Waals surface area contributed by atoms with Crippen LogP contribution in [0, 0.1) is 0 Å². The maximum atomic E-state index is 2.65. The SMILES string of the molecule is CC(C)(C)c1cc(-c2ccc(N(c3ccc(-c4cc(-c5cc(C6CCCCC6)cc(C6CCCCC6)c5)cc5c4CCCC5)cc3)c3ccc4c(c3)C(C)(C)c3ccccc3-4)cc2)cc(C(C)(C)C)c1. The van der Waals surface area contributed by atoms with Crippen molar-refractivity contribution in [3.63, 3.8) is 0 Å². The summed E-state index contributed by atoms with van der Waals surface area (Å²) in [6.45, 7) is 18.8. The van der Waals surface area contributed by atoms with Crippen LogP contribution in [0.25, 0.3) is 44.5 Å². The molecule has 2 saturated carbocycles. The van der Waals surface area contributed by atoms with Gasteiger partial charge in [0.05, 0.1) is 0 Å². The Morgan fingerprint density at radius 1 is 0.400 bits per heavy atom. The van der Waals surface area contributed by atoms with E-state index in [2.05, 4.69) is 200 Å². The molecule has 7 aromatic carbocycles. The van der Waals surface area contributed by atoms with Gasteiger partial charge < -0.3 is 4.90 Å². The molecule has 358 valence electrons. The van der Waals surface area contributed by atoms with Crippen molar-refractivity contribution in [2.75, 3.05) is 4.90 Å². The summed E-state index contributed by atoms with van der Waals surface area (Å²) < 4.78 is 0. The van der Waals surface area contributed by atoms with Gasteiger partial charge in [-0.1, -0.05) is 191 Å². The van der Waals surface area contributed by atoms with Crippen LogP contribution in [-0.4, -0.2) is 0 Å². The summed E-state index contributed by atoms with van der Waals surface area (Å²) in [5, 5.41) is 0. The maximum Gasteiger partial charge on any atom is 0.0465 e. The first-order valence-corrected chi connectivity index (χ1v) is 27.4. The first kappa shape index (κ1) is 46.7. The second-order valence-electron chi connectivity index (χ2n) is 24.6.